The fourth-order valence-corrected chi connectivity index (χ4v) is 4.08. The minimum absolute atomic E-state index is 0.0528. The highest BCUT2D eigenvalue weighted by Crippen LogP contribution is 2.33. The van der Waals surface area contributed by atoms with Crippen LogP contribution in [0.3, 0.4) is 0 Å². The summed E-state index contributed by atoms with van der Waals surface area (Å²) in [6.45, 7) is 3.63. The molecule has 1 aliphatic carbocycles. The Balaban J connectivity index is 2.37. The van der Waals surface area contributed by atoms with E-state index in [1.54, 1.807) is 13.8 Å². The minimum Gasteiger partial charge on any atom is -0.281 e. The van der Waals surface area contributed by atoms with E-state index < -0.39 is 10.0 Å². The molecular formula is C11H16N4O2S. The minimum atomic E-state index is -3.54. The maximum absolute atomic E-state index is 12.6. The second kappa shape index (κ2) is 4.71. The van der Waals surface area contributed by atoms with Crippen LogP contribution >= 0.6 is 0 Å². The van der Waals surface area contributed by atoms with Gasteiger partial charge in [0.2, 0.25) is 10.0 Å². The first-order valence-corrected chi connectivity index (χ1v) is 7.33. The van der Waals surface area contributed by atoms with Crippen LogP contribution in [0.15, 0.2) is 4.90 Å². The van der Waals surface area contributed by atoms with Crippen LogP contribution in [0, 0.1) is 25.2 Å². The van der Waals surface area contributed by atoms with Gasteiger partial charge in [-0.1, -0.05) is 0 Å². The lowest BCUT2D eigenvalue weighted by Crippen LogP contribution is -2.34. The summed E-state index contributed by atoms with van der Waals surface area (Å²) >= 11 is 0. The van der Waals surface area contributed by atoms with Crippen molar-refractivity contribution in [3.63, 3.8) is 0 Å². The summed E-state index contributed by atoms with van der Waals surface area (Å²) < 4.78 is 26.6. The molecular weight excluding hydrogens is 252 g/mol. The lowest BCUT2D eigenvalue weighted by atomic mass is 10.4. The van der Waals surface area contributed by atoms with Crippen molar-refractivity contribution in [3.05, 3.63) is 11.4 Å². The monoisotopic (exact) mass is 268 g/mol. The molecule has 1 N–H and O–H groups in total. The van der Waals surface area contributed by atoms with E-state index >= 15 is 0 Å². The number of hydrogen-bond donors (Lipinski definition) is 1. The van der Waals surface area contributed by atoms with Crippen LogP contribution in [-0.4, -0.2) is 35.5 Å². The van der Waals surface area contributed by atoms with Crippen molar-refractivity contribution < 1.29 is 8.42 Å². The molecule has 0 saturated heterocycles. The molecule has 6 nitrogen and oxygen atoms in total. The summed E-state index contributed by atoms with van der Waals surface area (Å²) in [7, 11) is -3.54. The lowest BCUT2D eigenvalue weighted by molar-refractivity contribution is 0.410. The number of nitrogens with zero attached hydrogens (tertiary/aromatic N) is 3. The molecule has 0 amide bonds. The van der Waals surface area contributed by atoms with Gasteiger partial charge in [-0.15, -0.1) is 0 Å². The molecule has 1 heterocycles. The molecule has 2 rings (SSSR count). The van der Waals surface area contributed by atoms with E-state index in [-0.39, 0.29) is 23.9 Å². The van der Waals surface area contributed by atoms with Gasteiger partial charge in [0.25, 0.3) is 0 Å². The molecule has 0 unspecified atom stereocenters. The zero-order valence-corrected chi connectivity index (χ0v) is 11.3. The van der Waals surface area contributed by atoms with E-state index in [2.05, 4.69) is 10.2 Å². The Labute approximate surface area is 107 Å². The quantitative estimate of drug-likeness (QED) is 0.865. The van der Waals surface area contributed by atoms with Gasteiger partial charge in [0.05, 0.1) is 17.5 Å². The highest BCUT2D eigenvalue weighted by atomic mass is 32.2. The van der Waals surface area contributed by atoms with Crippen molar-refractivity contribution in [1.29, 1.82) is 5.26 Å². The van der Waals surface area contributed by atoms with Crippen molar-refractivity contribution in [1.82, 2.24) is 14.5 Å². The smallest absolute Gasteiger partial charge is 0.247 e. The van der Waals surface area contributed by atoms with Crippen molar-refractivity contribution in [2.45, 2.75) is 44.0 Å². The number of hydrogen-bond acceptors (Lipinski definition) is 4. The summed E-state index contributed by atoms with van der Waals surface area (Å²) in [4.78, 5) is 0.257. The van der Waals surface area contributed by atoms with E-state index in [9.17, 15) is 8.42 Å². The summed E-state index contributed by atoms with van der Waals surface area (Å²) in [6.07, 6.45) is 1.97. The average Bonchev–Trinajstić information content (AvgIpc) is 3.05. The first-order valence-electron chi connectivity index (χ1n) is 5.89. The molecule has 1 aromatic heterocycles. The lowest BCUT2D eigenvalue weighted by Gasteiger charge is -2.20. The van der Waals surface area contributed by atoms with Crippen molar-refractivity contribution in [3.8, 4) is 6.07 Å². The Morgan fingerprint density at radius 2 is 2.17 bits per heavy atom. The molecule has 1 saturated carbocycles. The topological polar surface area (TPSA) is 89.8 Å². The number of aromatic amines is 1. The van der Waals surface area contributed by atoms with Gasteiger partial charge in [0, 0.05) is 19.0 Å². The maximum atomic E-state index is 12.6. The Morgan fingerprint density at radius 1 is 1.50 bits per heavy atom. The third-order valence-corrected chi connectivity index (χ3v) is 5.24. The van der Waals surface area contributed by atoms with Crippen LogP contribution in [0.1, 0.15) is 30.7 Å². The summed E-state index contributed by atoms with van der Waals surface area (Å²) in [5.41, 5.74) is 1.03. The van der Waals surface area contributed by atoms with Gasteiger partial charge in [-0.05, 0) is 26.7 Å². The van der Waals surface area contributed by atoms with Crippen molar-refractivity contribution in [2.75, 3.05) is 6.54 Å². The van der Waals surface area contributed by atoms with Crippen LogP contribution in [0.2, 0.25) is 0 Å². The van der Waals surface area contributed by atoms with Crippen molar-refractivity contribution >= 4 is 10.0 Å². The van der Waals surface area contributed by atoms with E-state index in [0.29, 0.717) is 11.4 Å². The van der Waals surface area contributed by atoms with Gasteiger partial charge in [-0.2, -0.15) is 14.7 Å². The third-order valence-electron chi connectivity index (χ3n) is 3.03. The van der Waals surface area contributed by atoms with Crippen molar-refractivity contribution in [2.24, 2.45) is 0 Å². The molecule has 0 radical (unpaired) electrons. The van der Waals surface area contributed by atoms with Crippen LogP contribution in [0.25, 0.3) is 0 Å². The van der Waals surface area contributed by atoms with Gasteiger partial charge in [0.15, 0.2) is 0 Å². The van der Waals surface area contributed by atoms with Crippen LogP contribution in [0.4, 0.5) is 0 Å². The number of sulfonamides is 1. The Bertz CT molecular complexity index is 561. The third kappa shape index (κ3) is 2.26. The van der Waals surface area contributed by atoms with Crippen LogP contribution in [0.5, 0.6) is 0 Å². The number of aromatic nitrogens is 2. The second-order valence-electron chi connectivity index (χ2n) is 4.52. The molecule has 0 aromatic carbocycles. The Hall–Kier alpha value is -1.39. The normalized spacial score (nSPS) is 15.9. The Morgan fingerprint density at radius 3 is 2.61 bits per heavy atom. The number of H-pyrrole nitrogens is 1. The summed E-state index contributed by atoms with van der Waals surface area (Å²) in [5, 5.41) is 15.3. The van der Waals surface area contributed by atoms with E-state index in [1.165, 1.54) is 4.31 Å². The number of rotatable bonds is 5. The molecule has 18 heavy (non-hydrogen) atoms. The van der Waals surface area contributed by atoms with Gasteiger partial charge >= 0.3 is 0 Å². The van der Waals surface area contributed by atoms with Gasteiger partial charge in [0.1, 0.15) is 4.90 Å². The SMILES string of the molecule is Cc1n[nH]c(C)c1S(=O)(=O)N(CCC#N)C1CC1. The molecule has 1 aliphatic rings. The zero-order valence-electron chi connectivity index (χ0n) is 10.5. The number of nitriles is 1. The molecule has 1 fully saturated rings. The molecule has 98 valence electrons. The second-order valence-corrected chi connectivity index (χ2v) is 6.35. The predicted molar refractivity (Wildman–Crippen MR) is 65.2 cm³/mol. The largest absolute Gasteiger partial charge is 0.281 e. The van der Waals surface area contributed by atoms with Gasteiger partial charge < -0.3 is 0 Å². The summed E-state index contributed by atoms with van der Waals surface area (Å²) in [5.74, 6) is 0. The van der Waals surface area contributed by atoms with E-state index in [1.807, 2.05) is 6.07 Å². The number of aryl methyl sites for hydroxylation is 2. The van der Waals surface area contributed by atoms with Gasteiger partial charge in [-0.3, -0.25) is 5.10 Å². The molecule has 1 aromatic rings. The fourth-order valence-electron chi connectivity index (χ4n) is 2.06. The highest BCUT2D eigenvalue weighted by Gasteiger charge is 2.39. The first-order chi connectivity index (χ1) is 8.48. The fraction of sp³-hybridized carbons (Fsp3) is 0.636. The zero-order chi connectivity index (χ0) is 13.3. The highest BCUT2D eigenvalue weighted by molar-refractivity contribution is 7.89. The maximum Gasteiger partial charge on any atom is 0.247 e. The average molecular weight is 268 g/mol. The molecule has 7 heteroatoms. The first kappa shape index (κ1) is 13.1. The standard InChI is InChI=1S/C11H16N4O2S/c1-8-11(9(2)14-13-8)18(16,17)15(7-3-6-12)10-4-5-10/h10H,3-5,7H2,1-2H3,(H,13,14). The molecule has 0 atom stereocenters. The summed E-state index contributed by atoms with van der Waals surface area (Å²) in [6, 6.07) is 2.05. The molecule has 0 aliphatic heterocycles. The van der Waals surface area contributed by atoms with Crippen LogP contribution < -0.4 is 0 Å². The van der Waals surface area contributed by atoms with Gasteiger partial charge in [-0.25, -0.2) is 8.42 Å². The molecule has 0 spiro atoms. The number of nitrogens with one attached hydrogen (secondary N) is 1. The van der Waals surface area contributed by atoms with E-state index in [4.69, 9.17) is 5.26 Å². The predicted octanol–water partition coefficient (Wildman–Crippen LogP) is 1.09. The van der Waals surface area contributed by atoms with Crippen LogP contribution in [-0.2, 0) is 10.0 Å². The van der Waals surface area contributed by atoms with E-state index in [0.717, 1.165) is 12.8 Å². The molecule has 0 bridgehead atoms. The Kier molecular flexibility index (Phi) is 3.41.